The summed E-state index contributed by atoms with van der Waals surface area (Å²) in [7, 11) is 0. The van der Waals surface area contributed by atoms with Crippen molar-refractivity contribution in [1.29, 1.82) is 0 Å². The monoisotopic (exact) mass is 721 g/mol. The number of benzene rings is 2. The van der Waals surface area contributed by atoms with E-state index in [9.17, 15) is 9.90 Å². The Hall–Kier alpha value is -2.33. The van der Waals surface area contributed by atoms with Crippen LogP contribution in [0.2, 0.25) is 0 Å². The number of aliphatic hydroxyl groups excluding tert-OH is 1. The van der Waals surface area contributed by atoms with Crippen LogP contribution in [-0.2, 0) is 24.9 Å². The average molecular weight is 721 g/mol. The second-order valence-electron chi connectivity index (χ2n) is 10.8. The third-order valence-corrected chi connectivity index (χ3v) is 9.25. The molecule has 4 rings (SSSR count). The third kappa shape index (κ3) is 7.25. The first kappa shape index (κ1) is 32.9. The van der Waals surface area contributed by atoms with Crippen LogP contribution in [0, 0.1) is 30.7 Å². The summed E-state index contributed by atoms with van der Waals surface area (Å²) >= 11 is 1.78. The Morgan fingerprint density at radius 2 is 1.56 bits per heavy atom. The van der Waals surface area contributed by atoms with Gasteiger partial charge in [0.15, 0.2) is 5.78 Å². The number of allylic oxidation sites excluding steroid dienone is 2. The van der Waals surface area contributed by atoms with Crippen molar-refractivity contribution >= 4 is 38.1 Å². The number of aromatic nitrogens is 1. The van der Waals surface area contributed by atoms with Gasteiger partial charge in [-0.1, -0.05) is 79.7 Å². The molecule has 2 heterocycles. The first-order chi connectivity index (χ1) is 18.0. The van der Waals surface area contributed by atoms with Gasteiger partial charge in [0.2, 0.25) is 0 Å². The maximum absolute atomic E-state index is 12.2. The molecule has 0 saturated heterocycles. The number of para-hydroxylation sites is 1. The Kier molecular flexibility index (Phi) is 11.7. The standard InChI is InChI=1S/C19H14NS.C15H28O2.Ir/c1-12-9-13(2)11-14(10-12)18-16-7-8-21-19(16)15-5-3-4-6-17(15)20-18;1-7-14(5,8-2)12(16)11-13(17)15(6,9-3)10-4;/h3-10H,1-2H3;11,16H,7-10H2,1-6H3;/q-1;;/b;12-11-;. The van der Waals surface area contributed by atoms with E-state index in [1.165, 1.54) is 27.1 Å². The molecule has 0 unspecified atom stereocenters. The van der Waals surface area contributed by atoms with Crippen molar-refractivity contribution in [3.63, 3.8) is 0 Å². The van der Waals surface area contributed by atoms with Crippen LogP contribution in [0.25, 0.3) is 32.2 Å². The molecule has 0 aliphatic carbocycles. The van der Waals surface area contributed by atoms with E-state index >= 15 is 0 Å². The summed E-state index contributed by atoms with van der Waals surface area (Å²) in [4.78, 5) is 17.1. The smallest absolute Gasteiger partial charge is 0.164 e. The molecule has 2 aromatic heterocycles. The van der Waals surface area contributed by atoms with E-state index < -0.39 is 0 Å². The summed E-state index contributed by atoms with van der Waals surface area (Å²) in [5.41, 5.74) is 4.98. The molecule has 1 radical (unpaired) electrons. The van der Waals surface area contributed by atoms with E-state index in [-0.39, 0.29) is 42.5 Å². The topological polar surface area (TPSA) is 50.2 Å². The molecule has 211 valence electrons. The number of hydrogen-bond acceptors (Lipinski definition) is 4. The Balaban J connectivity index is 0.000000275. The summed E-state index contributed by atoms with van der Waals surface area (Å²) in [6, 6.07) is 18.3. The fourth-order valence-corrected chi connectivity index (χ4v) is 5.49. The molecule has 0 amide bonds. The fourth-order valence-electron chi connectivity index (χ4n) is 4.56. The molecule has 1 N–H and O–H groups in total. The predicted octanol–water partition coefficient (Wildman–Crippen LogP) is 10.2. The van der Waals surface area contributed by atoms with Gasteiger partial charge in [-0.3, -0.25) is 9.78 Å². The van der Waals surface area contributed by atoms with Gasteiger partial charge in [0.1, 0.15) is 5.76 Å². The molecule has 2 aromatic carbocycles. The molecule has 0 aliphatic rings. The number of rotatable bonds is 8. The van der Waals surface area contributed by atoms with Gasteiger partial charge in [-0.15, -0.1) is 46.2 Å². The van der Waals surface area contributed by atoms with Crippen LogP contribution in [-0.4, -0.2) is 15.9 Å². The minimum atomic E-state index is -0.337. The molecule has 0 atom stereocenters. The molecule has 0 saturated carbocycles. The molecule has 0 bridgehead atoms. The van der Waals surface area contributed by atoms with Gasteiger partial charge >= 0.3 is 0 Å². The Morgan fingerprint density at radius 3 is 2.15 bits per heavy atom. The number of nitrogens with zero attached hydrogens (tertiary/aromatic N) is 1. The van der Waals surface area contributed by atoms with E-state index in [2.05, 4.69) is 61.7 Å². The third-order valence-electron chi connectivity index (χ3n) is 8.31. The van der Waals surface area contributed by atoms with E-state index in [1.54, 1.807) is 11.3 Å². The SMILES string of the molecule is CCC(C)(CC)C(=O)/C=C(\O)C(C)(CC)CC.Cc1[c-]c(-c2nc3ccccc3c3sccc23)cc(C)c1.[Ir]. The van der Waals surface area contributed by atoms with Gasteiger partial charge in [-0.05, 0) is 48.2 Å². The van der Waals surface area contributed by atoms with Gasteiger partial charge < -0.3 is 5.11 Å². The van der Waals surface area contributed by atoms with E-state index in [1.807, 2.05) is 47.6 Å². The van der Waals surface area contributed by atoms with Crippen LogP contribution in [0.1, 0.15) is 78.4 Å². The van der Waals surface area contributed by atoms with Crippen molar-refractivity contribution in [2.24, 2.45) is 10.8 Å². The van der Waals surface area contributed by atoms with Crippen molar-refractivity contribution < 1.29 is 30.0 Å². The number of carbonyl (C=O) groups excluding carboxylic acids is 1. The number of hydrogen-bond donors (Lipinski definition) is 1. The molecular formula is C34H42IrNO2S-. The second kappa shape index (κ2) is 13.8. The Labute approximate surface area is 252 Å². The number of aryl methyl sites for hydroxylation is 2. The zero-order valence-electron chi connectivity index (χ0n) is 24.6. The van der Waals surface area contributed by atoms with Crippen molar-refractivity contribution in [1.82, 2.24) is 4.98 Å². The molecule has 0 aliphatic heterocycles. The molecule has 39 heavy (non-hydrogen) atoms. The maximum atomic E-state index is 12.2. The zero-order chi connectivity index (χ0) is 28.1. The quantitative estimate of drug-likeness (QED) is 0.112. The average Bonchev–Trinajstić information content (AvgIpc) is 3.41. The molecular weight excluding hydrogens is 679 g/mol. The predicted molar refractivity (Wildman–Crippen MR) is 164 cm³/mol. The summed E-state index contributed by atoms with van der Waals surface area (Å²) in [5, 5.41) is 14.7. The van der Waals surface area contributed by atoms with Gasteiger partial charge in [0.25, 0.3) is 0 Å². The van der Waals surface area contributed by atoms with Gasteiger partial charge in [-0.2, -0.15) is 0 Å². The largest absolute Gasteiger partial charge is 0.512 e. The minimum Gasteiger partial charge on any atom is -0.512 e. The molecule has 4 aromatic rings. The van der Waals surface area contributed by atoms with Gasteiger partial charge in [0, 0.05) is 47.1 Å². The molecule has 5 heteroatoms. The summed E-state index contributed by atoms with van der Waals surface area (Å²) in [6.45, 7) is 16.3. The summed E-state index contributed by atoms with van der Waals surface area (Å²) in [6.07, 6.45) is 4.75. The fraction of sp³-hybridized carbons (Fsp3) is 0.412. The minimum absolute atomic E-state index is 0. The molecule has 3 nitrogen and oxygen atoms in total. The number of aliphatic hydroxyl groups is 1. The van der Waals surface area contributed by atoms with Crippen LogP contribution < -0.4 is 0 Å². The second-order valence-corrected chi connectivity index (χ2v) is 11.7. The Bertz CT molecular complexity index is 1420. The van der Waals surface area contributed by atoms with Crippen molar-refractivity contribution in [2.45, 2.75) is 81.1 Å². The van der Waals surface area contributed by atoms with Crippen LogP contribution in [0.15, 0.2) is 59.7 Å². The summed E-state index contributed by atoms with van der Waals surface area (Å²) in [5.74, 6) is 0.286. The number of thiophene rings is 1. The van der Waals surface area contributed by atoms with E-state index in [0.29, 0.717) is 0 Å². The van der Waals surface area contributed by atoms with Crippen molar-refractivity contribution in [2.75, 3.05) is 0 Å². The maximum Gasteiger partial charge on any atom is 0.164 e. The first-order valence-electron chi connectivity index (χ1n) is 13.7. The Morgan fingerprint density at radius 1 is 0.949 bits per heavy atom. The van der Waals surface area contributed by atoms with Crippen LogP contribution >= 0.6 is 11.3 Å². The van der Waals surface area contributed by atoms with E-state index in [4.69, 9.17) is 4.98 Å². The molecule has 0 fully saturated rings. The van der Waals surface area contributed by atoms with E-state index in [0.717, 1.165) is 48.0 Å². The number of carbonyl (C=O) groups is 1. The van der Waals surface area contributed by atoms with Gasteiger partial charge in [-0.25, -0.2) is 0 Å². The zero-order valence-corrected chi connectivity index (χ0v) is 27.8. The number of fused-ring (bicyclic) bond motifs is 3. The number of ketones is 1. The molecule has 0 spiro atoms. The van der Waals surface area contributed by atoms with Crippen molar-refractivity contribution in [3.8, 4) is 11.3 Å². The van der Waals surface area contributed by atoms with Crippen LogP contribution in [0.4, 0.5) is 0 Å². The van der Waals surface area contributed by atoms with Crippen molar-refractivity contribution in [3.05, 3.63) is 76.9 Å². The summed E-state index contributed by atoms with van der Waals surface area (Å²) < 4.78 is 1.31. The van der Waals surface area contributed by atoms with Gasteiger partial charge in [0.05, 0.1) is 5.52 Å². The number of pyridine rings is 1. The first-order valence-corrected chi connectivity index (χ1v) is 14.6. The van der Waals surface area contributed by atoms with Crippen LogP contribution in [0.5, 0.6) is 0 Å². The van der Waals surface area contributed by atoms with Crippen LogP contribution in [0.3, 0.4) is 0 Å². The normalized spacial score (nSPS) is 12.2.